The van der Waals surface area contributed by atoms with Crippen molar-refractivity contribution in [3.63, 3.8) is 0 Å². The zero-order valence-corrected chi connectivity index (χ0v) is 16.7. The molecule has 0 aromatic heterocycles. The fourth-order valence-corrected chi connectivity index (χ4v) is 2.28. The Kier molecular flexibility index (Phi) is 8.72. The van der Waals surface area contributed by atoms with Crippen molar-refractivity contribution >= 4 is 18.2 Å². The first-order valence-corrected chi connectivity index (χ1v) is 8.89. The van der Waals surface area contributed by atoms with Gasteiger partial charge in [-0.15, -0.1) is 0 Å². The maximum atomic E-state index is 11.8. The van der Waals surface area contributed by atoms with Crippen molar-refractivity contribution in [3.8, 4) is 0 Å². The van der Waals surface area contributed by atoms with Gasteiger partial charge in [-0.3, -0.25) is 4.79 Å². The number of ether oxygens (including phenoxy) is 2. The number of amides is 1. The Hall–Kier alpha value is -2.63. The van der Waals surface area contributed by atoms with Crippen molar-refractivity contribution in [3.05, 3.63) is 47.8 Å². The van der Waals surface area contributed by atoms with Crippen molar-refractivity contribution in [1.82, 2.24) is 5.32 Å². The highest BCUT2D eigenvalue weighted by molar-refractivity contribution is 5.90. The highest BCUT2D eigenvalue weighted by Gasteiger charge is 2.25. The summed E-state index contributed by atoms with van der Waals surface area (Å²) in [6.07, 6.45) is 12.1. The number of allylic oxidation sites excluding steroid dienone is 4. The lowest BCUT2D eigenvalue weighted by molar-refractivity contribution is -0.149. The number of cyclic esters (lactones) is 1. The van der Waals surface area contributed by atoms with E-state index in [2.05, 4.69) is 5.32 Å². The van der Waals surface area contributed by atoms with Crippen LogP contribution in [0.25, 0.3) is 0 Å². The van der Waals surface area contributed by atoms with Crippen LogP contribution in [0.3, 0.4) is 0 Å². The van der Waals surface area contributed by atoms with Gasteiger partial charge in [0, 0.05) is 18.9 Å². The molecule has 0 bridgehead atoms. The van der Waals surface area contributed by atoms with Crippen molar-refractivity contribution in [2.24, 2.45) is 5.41 Å². The zero-order chi connectivity index (χ0) is 20.4. The van der Waals surface area contributed by atoms with E-state index >= 15 is 0 Å². The van der Waals surface area contributed by atoms with Gasteiger partial charge < -0.3 is 19.6 Å². The van der Waals surface area contributed by atoms with Crippen LogP contribution in [-0.2, 0) is 23.9 Å². The molecule has 148 valence electrons. The van der Waals surface area contributed by atoms with E-state index in [1.165, 1.54) is 13.2 Å². The number of rotatable bonds is 8. The lowest BCUT2D eigenvalue weighted by Gasteiger charge is -2.26. The lowest BCUT2D eigenvalue weighted by atomic mass is 9.87. The fourth-order valence-electron chi connectivity index (χ4n) is 2.28. The van der Waals surface area contributed by atoms with E-state index in [1.807, 2.05) is 39.8 Å². The molecule has 6 nitrogen and oxygen atoms in total. The minimum absolute atomic E-state index is 0.196. The number of carbonyl (C=O) groups is 3. The number of methoxy groups -OCH3 is 1. The van der Waals surface area contributed by atoms with Crippen LogP contribution < -0.4 is 5.32 Å². The second-order valence-corrected chi connectivity index (χ2v) is 7.43. The second-order valence-electron chi connectivity index (χ2n) is 7.43. The molecule has 27 heavy (non-hydrogen) atoms. The molecule has 0 aliphatic carbocycles. The predicted octanol–water partition coefficient (Wildman–Crippen LogP) is 3.01. The summed E-state index contributed by atoms with van der Waals surface area (Å²) < 4.78 is 10.2. The van der Waals surface area contributed by atoms with Gasteiger partial charge in [0.2, 0.25) is 5.91 Å². The fraction of sp³-hybridized carbons (Fsp3) is 0.476. The van der Waals surface area contributed by atoms with Crippen molar-refractivity contribution in [1.29, 1.82) is 0 Å². The van der Waals surface area contributed by atoms with E-state index in [-0.39, 0.29) is 23.2 Å². The van der Waals surface area contributed by atoms with Crippen LogP contribution in [-0.4, -0.2) is 37.4 Å². The molecule has 0 aromatic rings. The predicted molar refractivity (Wildman–Crippen MR) is 104 cm³/mol. The van der Waals surface area contributed by atoms with E-state index in [4.69, 9.17) is 9.47 Å². The topological polar surface area (TPSA) is 81.7 Å². The second kappa shape index (κ2) is 10.5. The Balaban J connectivity index is 2.48. The molecule has 2 unspecified atom stereocenters. The Morgan fingerprint density at radius 3 is 2.59 bits per heavy atom. The molecule has 2 atom stereocenters. The van der Waals surface area contributed by atoms with Crippen LogP contribution in [0.1, 0.15) is 40.5 Å². The monoisotopic (exact) mass is 375 g/mol. The van der Waals surface area contributed by atoms with Crippen LogP contribution >= 0.6 is 0 Å². The largest absolute Gasteiger partial charge is 0.490 e. The first-order valence-electron chi connectivity index (χ1n) is 8.89. The van der Waals surface area contributed by atoms with Gasteiger partial charge in [0.15, 0.2) is 5.76 Å². The number of hydrogen-bond donors (Lipinski definition) is 1. The molecule has 0 spiro atoms. The molecule has 0 saturated carbocycles. The van der Waals surface area contributed by atoms with Crippen LogP contribution in [0.4, 0.5) is 0 Å². The molecule has 0 fully saturated rings. The quantitative estimate of drug-likeness (QED) is 0.305. The van der Waals surface area contributed by atoms with E-state index in [0.29, 0.717) is 12.8 Å². The SMILES string of the molecule is COC1=CCC(C/C=C(C)/C=C\C=C/C(=O)NC(C=O)C(C)(C)C)OC1=O. The molecule has 1 N–H and O–H groups in total. The van der Waals surface area contributed by atoms with Gasteiger partial charge in [0.25, 0.3) is 0 Å². The number of carbonyl (C=O) groups excluding carboxylic acids is 3. The maximum absolute atomic E-state index is 11.8. The number of aldehydes is 1. The molecule has 0 aromatic carbocycles. The van der Waals surface area contributed by atoms with Gasteiger partial charge in [-0.05, 0) is 18.4 Å². The van der Waals surface area contributed by atoms with Gasteiger partial charge in [-0.1, -0.05) is 50.6 Å². The molecule has 6 heteroatoms. The van der Waals surface area contributed by atoms with Gasteiger partial charge >= 0.3 is 5.97 Å². The van der Waals surface area contributed by atoms with E-state index in [9.17, 15) is 14.4 Å². The zero-order valence-electron chi connectivity index (χ0n) is 16.7. The number of hydrogen-bond acceptors (Lipinski definition) is 5. The highest BCUT2D eigenvalue weighted by atomic mass is 16.6. The first-order chi connectivity index (χ1) is 12.7. The molecule has 1 rings (SSSR count). The Morgan fingerprint density at radius 2 is 2.04 bits per heavy atom. The molecular weight excluding hydrogens is 346 g/mol. The minimum Gasteiger partial charge on any atom is -0.490 e. The van der Waals surface area contributed by atoms with Crippen LogP contribution in [0.2, 0.25) is 0 Å². The summed E-state index contributed by atoms with van der Waals surface area (Å²) in [5, 5.41) is 2.67. The Bertz CT molecular complexity index is 665. The van der Waals surface area contributed by atoms with Crippen molar-refractivity contribution in [2.75, 3.05) is 7.11 Å². The minimum atomic E-state index is -0.536. The van der Waals surface area contributed by atoms with Gasteiger partial charge in [-0.2, -0.15) is 0 Å². The third-order valence-electron chi connectivity index (χ3n) is 4.05. The normalized spacial score (nSPS) is 19.6. The van der Waals surface area contributed by atoms with E-state index in [1.54, 1.807) is 18.2 Å². The maximum Gasteiger partial charge on any atom is 0.373 e. The van der Waals surface area contributed by atoms with Gasteiger partial charge in [-0.25, -0.2) is 4.79 Å². The molecule has 0 radical (unpaired) electrons. The summed E-state index contributed by atoms with van der Waals surface area (Å²) in [5.74, 6) is -0.505. The smallest absolute Gasteiger partial charge is 0.373 e. The van der Waals surface area contributed by atoms with Gasteiger partial charge in [0.05, 0.1) is 13.2 Å². The molecule has 1 aliphatic heterocycles. The number of nitrogens with one attached hydrogen (secondary N) is 1. The summed E-state index contributed by atoms with van der Waals surface area (Å²) >= 11 is 0. The van der Waals surface area contributed by atoms with Crippen molar-refractivity contribution < 1.29 is 23.9 Å². The lowest BCUT2D eigenvalue weighted by Crippen LogP contribution is -2.44. The standard InChI is InChI=1S/C21H29NO5/c1-15(10-11-16-12-13-17(26-5)20(25)27-16)8-6-7-9-19(24)22-18(14-23)21(2,3)4/h6-10,13-14,16,18H,11-12H2,1-5H3,(H,22,24)/b8-6-,9-7-,15-10+. The average Bonchev–Trinajstić information content (AvgIpc) is 2.60. The summed E-state index contributed by atoms with van der Waals surface area (Å²) in [6, 6.07) is -0.536. The Morgan fingerprint density at radius 1 is 1.37 bits per heavy atom. The molecule has 1 aliphatic rings. The van der Waals surface area contributed by atoms with Crippen molar-refractivity contribution in [2.45, 2.75) is 52.7 Å². The Labute approximate surface area is 161 Å². The van der Waals surface area contributed by atoms with Crippen LogP contribution in [0.15, 0.2) is 47.8 Å². The van der Waals surface area contributed by atoms with E-state index in [0.717, 1.165) is 11.9 Å². The first kappa shape index (κ1) is 22.4. The molecular formula is C21H29NO5. The summed E-state index contributed by atoms with van der Waals surface area (Å²) in [6.45, 7) is 7.59. The number of esters is 1. The third kappa shape index (κ3) is 8.07. The van der Waals surface area contributed by atoms with Gasteiger partial charge in [0.1, 0.15) is 12.4 Å². The molecule has 0 saturated heterocycles. The summed E-state index contributed by atoms with van der Waals surface area (Å²) in [5.41, 5.74) is 0.653. The average molecular weight is 375 g/mol. The summed E-state index contributed by atoms with van der Waals surface area (Å²) in [4.78, 5) is 34.5. The molecule has 1 amide bonds. The van der Waals surface area contributed by atoms with E-state index < -0.39 is 12.0 Å². The molecule has 1 heterocycles. The summed E-state index contributed by atoms with van der Waals surface area (Å²) in [7, 11) is 1.44. The van der Waals surface area contributed by atoms with Crippen LogP contribution in [0, 0.1) is 5.41 Å². The van der Waals surface area contributed by atoms with Crippen LogP contribution in [0.5, 0.6) is 0 Å². The highest BCUT2D eigenvalue weighted by Crippen LogP contribution is 2.18. The third-order valence-corrected chi connectivity index (χ3v) is 4.05.